The van der Waals surface area contributed by atoms with Crippen LogP contribution in [0.3, 0.4) is 0 Å². The summed E-state index contributed by atoms with van der Waals surface area (Å²) in [6, 6.07) is -8.90. The number of ether oxygens (including phenoxy) is 1. The second-order valence-corrected chi connectivity index (χ2v) is 10.1. The van der Waals surface area contributed by atoms with Crippen LogP contribution in [0.25, 0.3) is 44.2 Å². The Labute approximate surface area is 291 Å². The van der Waals surface area contributed by atoms with Gasteiger partial charge in [0.05, 0.1) is 34.2 Å². The van der Waals surface area contributed by atoms with Crippen molar-refractivity contribution in [1.82, 2.24) is 0 Å². The normalized spacial score (nSPS) is 19.8. The van der Waals surface area contributed by atoms with Gasteiger partial charge in [0.1, 0.15) is 22.7 Å². The molecule has 0 unspecified atom stereocenters. The van der Waals surface area contributed by atoms with Gasteiger partial charge in [0.15, 0.2) is 0 Å². The van der Waals surface area contributed by atoms with Crippen molar-refractivity contribution in [3.05, 3.63) is 192 Å². The molecular formula is C43H28O2. The van der Waals surface area contributed by atoms with Crippen LogP contribution in [-0.4, -0.2) is 0 Å². The molecule has 2 nitrogen and oxygen atoms in total. The molecule has 7 aromatic carbocycles. The predicted molar refractivity (Wildman–Crippen MR) is 183 cm³/mol. The highest BCUT2D eigenvalue weighted by Gasteiger charge is 2.45. The Balaban J connectivity index is 1.54. The summed E-state index contributed by atoms with van der Waals surface area (Å²) in [6.45, 7) is 0. The largest absolute Gasteiger partial charge is 0.457 e. The number of hydrogen-bond acceptors (Lipinski definition) is 2. The maximum atomic E-state index is 9.90. The Hall–Kier alpha value is -5.86. The lowest BCUT2D eigenvalue weighted by molar-refractivity contribution is 0.435. The summed E-state index contributed by atoms with van der Waals surface area (Å²) in [5.74, 6) is -1.83. The monoisotopic (exact) mass is 597 g/mol. The van der Waals surface area contributed by atoms with E-state index in [2.05, 4.69) is 0 Å². The van der Waals surface area contributed by atoms with Gasteiger partial charge < -0.3 is 9.15 Å². The molecule has 9 rings (SSSR count). The first kappa shape index (κ1) is 12.3. The van der Waals surface area contributed by atoms with Crippen LogP contribution in [0.2, 0.25) is 0 Å². The molecule has 1 aliphatic heterocycles. The number of benzene rings is 7. The Bertz CT molecular complexity index is 3380. The highest BCUT2D eigenvalue weighted by molar-refractivity contribution is 6.06. The lowest BCUT2D eigenvalue weighted by Gasteiger charge is -2.41. The summed E-state index contributed by atoms with van der Waals surface area (Å²) in [7, 11) is 0. The molecule has 2 heteroatoms. The summed E-state index contributed by atoms with van der Waals surface area (Å²) >= 11 is 0. The first-order chi connectivity index (χ1) is 31.0. The Morgan fingerprint density at radius 2 is 1.11 bits per heavy atom. The van der Waals surface area contributed by atoms with Gasteiger partial charge in [-0.25, -0.2) is 0 Å². The first-order valence-electron chi connectivity index (χ1n) is 24.1. The van der Waals surface area contributed by atoms with Gasteiger partial charge in [0.25, 0.3) is 0 Å². The third-order valence-electron chi connectivity index (χ3n) is 7.74. The molecule has 0 fully saturated rings. The van der Waals surface area contributed by atoms with Gasteiger partial charge in [0.2, 0.25) is 0 Å². The van der Waals surface area contributed by atoms with Gasteiger partial charge in [0, 0.05) is 21.9 Å². The number of fused-ring (bicyclic) bond motifs is 5. The zero-order valence-electron chi connectivity index (χ0n) is 43.9. The molecule has 8 aromatic rings. The fourth-order valence-electron chi connectivity index (χ4n) is 5.82. The smallest absolute Gasteiger partial charge is 0.135 e. The van der Waals surface area contributed by atoms with Crippen molar-refractivity contribution in [2.24, 2.45) is 0 Å². The van der Waals surface area contributed by atoms with E-state index in [1.807, 2.05) is 0 Å². The van der Waals surface area contributed by atoms with Crippen LogP contribution in [0.4, 0.5) is 0 Å². The molecule has 45 heavy (non-hydrogen) atoms. The lowest BCUT2D eigenvalue weighted by atomic mass is 9.63. The third-order valence-corrected chi connectivity index (χ3v) is 7.74. The molecule has 0 spiro atoms. The average molecular weight is 598 g/mol. The SMILES string of the molecule is [2H]c1c([2H])c([2H])c(C2(c3c([2H])c([2H])c([2H])c([2H])c3[2H])c3c([2H])c([2H])c([2H])c([2H])c3Oc3c([2H])c(-c4c([2H])c([2H])c([2H])c([2H])c4-c4ccc5oc6ccccc6c5c4)c([2H])c([2H])c32)c([2H])c1[2H]. The fourth-order valence-corrected chi connectivity index (χ4v) is 5.82. The van der Waals surface area contributed by atoms with E-state index in [4.69, 9.17) is 24.2 Å². The van der Waals surface area contributed by atoms with Crippen molar-refractivity contribution >= 4 is 21.9 Å². The molecule has 2 heterocycles. The van der Waals surface area contributed by atoms with E-state index in [1.54, 1.807) is 36.4 Å². The molecule has 0 atom stereocenters. The number of furan rings is 1. The van der Waals surface area contributed by atoms with Crippen molar-refractivity contribution in [2.45, 2.75) is 5.41 Å². The molecule has 1 aliphatic rings. The quantitative estimate of drug-likeness (QED) is 0.201. The van der Waals surface area contributed by atoms with Crippen molar-refractivity contribution < 1.29 is 37.9 Å². The topological polar surface area (TPSA) is 22.4 Å². The van der Waals surface area contributed by atoms with Gasteiger partial charge in [-0.3, -0.25) is 0 Å². The molecule has 1 aromatic heterocycles. The number of rotatable bonds is 4. The summed E-state index contributed by atoms with van der Waals surface area (Å²) in [4.78, 5) is 0. The molecule has 0 N–H and O–H groups in total. The van der Waals surface area contributed by atoms with E-state index in [-0.39, 0.29) is 11.1 Å². The molecule has 0 saturated heterocycles. The minimum Gasteiger partial charge on any atom is -0.457 e. The predicted octanol–water partition coefficient (Wildman–Crippen LogP) is 11.4. The molecule has 0 saturated carbocycles. The van der Waals surface area contributed by atoms with E-state index in [1.165, 1.54) is 6.07 Å². The van der Waals surface area contributed by atoms with Gasteiger partial charge >= 0.3 is 0 Å². The van der Waals surface area contributed by atoms with Gasteiger partial charge in [-0.1, -0.05) is 139 Å². The highest BCUT2D eigenvalue weighted by atomic mass is 16.5. The number of hydrogen-bond donors (Lipinski definition) is 0. The summed E-state index contributed by atoms with van der Waals surface area (Å²) < 4.78 is 202. The summed E-state index contributed by atoms with van der Waals surface area (Å²) in [6.07, 6.45) is 0. The van der Waals surface area contributed by atoms with E-state index >= 15 is 0 Å². The van der Waals surface area contributed by atoms with Crippen LogP contribution in [0.5, 0.6) is 11.5 Å². The van der Waals surface area contributed by atoms with Crippen LogP contribution in [0, 0.1) is 0 Å². The minimum atomic E-state index is -3.19. The van der Waals surface area contributed by atoms with Crippen LogP contribution in [0.1, 0.15) is 51.0 Å². The standard InChI is InChI=1S/C43H28O2/c1-3-13-31(14-4-1)43(32-15-5-2-6-16-32)37-20-10-12-22-41(37)45-42-28-30(23-25-38(42)43)34-18-8-7-17-33(34)29-24-26-40-36(27-29)35-19-9-11-21-39(35)44-40/h1-28H/i1D,2D,3D,4D,5D,6D,7D,8D,10D,12D,13D,14D,15D,16D,17D,18D,20D,22D,23D,25D,28D. The van der Waals surface area contributed by atoms with Gasteiger partial charge in [-0.15, -0.1) is 0 Å². The number of para-hydroxylation sites is 2. The molecule has 0 radical (unpaired) electrons. The Morgan fingerprint density at radius 1 is 0.489 bits per heavy atom. The summed E-state index contributed by atoms with van der Waals surface area (Å²) in [5, 5.41) is 1.18. The van der Waals surface area contributed by atoms with Crippen molar-refractivity contribution in [2.75, 3.05) is 0 Å². The lowest BCUT2D eigenvalue weighted by Crippen LogP contribution is -2.34. The molecule has 212 valence electrons. The van der Waals surface area contributed by atoms with Crippen molar-refractivity contribution in [3.63, 3.8) is 0 Å². The average Bonchev–Trinajstić information content (AvgIpc) is 3.68. The Morgan fingerprint density at radius 3 is 1.89 bits per heavy atom. The second-order valence-electron chi connectivity index (χ2n) is 10.1. The molecule has 0 amide bonds. The molecule has 0 aliphatic carbocycles. The minimum absolute atomic E-state index is 0.145. The maximum Gasteiger partial charge on any atom is 0.135 e. The highest BCUT2D eigenvalue weighted by Crippen LogP contribution is 2.56. The van der Waals surface area contributed by atoms with Gasteiger partial charge in [-0.05, 0) is 63.7 Å². The summed E-state index contributed by atoms with van der Waals surface area (Å²) in [5.41, 5.74) is -7.29. The second kappa shape index (κ2) is 10.1. The van der Waals surface area contributed by atoms with Crippen molar-refractivity contribution in [3.8, 4) is 33.8 Å². The fraction of sp³-hybridized carbons (Fsp3) is 0.0233. The van der Waals surface area contributed by atoms with E-state index < -0.39 is 177 Å². The molecular weight excluding hydrogens is 548 g/mol. The third kappa shape index (κ3) is 3.89. The van der Waals surface area contributed by atoms with Gasteiger partial charge in [-0.2, -0.15) is 0 Å². The van der Waals surface area contributed by atoms with Crippen LogP contribution < -0.4 is 4.74 Å². The zero-order chi connectivity index (χ0) is 48.1. The molecule has 0 bridgehead atoms. The Kier molecular flexibility index (Phi) is 2.75. The van der Waals surface area contributed by atoms with E-state index in [9.17, 15) is 13.7 Å². The van der Waals surface area contributed by atoms with E-state index in [0.717, 1.165) is 0 Å². The van der Waals surface area contributed by atoms with E-state index in [0.29, 0.717) is 21.9 Å². The van der Waals surface area contributed by atoms with Crippen molar-refractivity contribution in [1.29, 1.82) is 0 Å². The zero-order valence-corrected chi connectivity index (χ0v) is 22.9. The van der Waals surface area contributed by atoms with Crippen LogP contribution in [0.15, 0.2) is 174 Å². The first-order valence-corrected chi connectivity index (χ1v) is 13.6. The maximum absolute atomic E-state index is 9.90. The van der Waals surface area contributed by atoms with Crippen LogP contribution >= 0.6 is 0 Å². The van der Waals surface area contributed by atoms with Crippen LogP contribution in [-0.2, 0) is 5.41 Å².